The number of benzene rings is 2. The number of rotatable bonds is 8. The van der Waals surface area contributed by atoms with Crippen LogP contribution in [-0.4, -0.2) is 39.1 Å². The van der Waals surface area contributed by atoms with Crippen molar-refractivity contribution in [1.82, 2.24) is 4.90 Å². The van der Waals surface area contributed by atoms with Crippen LogP contribution in [-0.2, 0) is 9.59 Å². The number of carboxylic acid groups (broad SMARTS) is 1. The summed E-state index contributed by atoms with van der Waals surface area (Å²) in [6, 6.07) is 14.0. The van der Waals surface area contributed by atoms with Gasteiger partial charge in [0.15, 0.2) is 0 Å². The normalized spacial score (nSPS) is 25.0. The van der Waals surface area contributed by atoms with Gasteiger partial charge in [-0.3, -0.25) is 9.59 Å². The molecule has 7 heteroatoms. The quantitative estimate of drug-likeness (QED) is 0.468. The molecule has 5 atom stereocenters. The summed E-state index contributed by atoms with van der Waals surface area (Å²) < 4.78 is 0. The molecule has 0 spiro atoms. The summed E-state index contributed by atoms with van der Waals surface area (Å²) >= 11 is 12.5. The monoisotopic (exact) mass is 491 g/mol. The fourth-order valence-electron chi connectivity index (χ4n) is 5.17. The van der Waals surface area contributed by atoms with Gasteiger partial charge in [0.1, 0.15) is 0 Å². The Labute approximate surface area is 205 Å². The average Bonchev–Trinajstić information content (AvgIpc) is 2.77. The fourth-order valence-corrected chi connectivity index (χ4v) is 5.50. The molecule has 1 saturated heterocycles. The van der Waals surface area contributed by atoms with Gasteiger partial charge in [0.25, 0.3) is 0 Å². The second kappa shape index (κ2) is 10.5. The number of aliphatic hydroxyl groups is 1. The van der Waals surface area contributed by atoms with Crippen molar-refractivity contribution in [3.63, 3.8) is 0 Å². The number of carboxylic acids is 1. The summed E-state index contributed by atoms with van der Waals surface area (Å²) in [7, 11) is 0. The number of halogens is 2. The van der Waals surface area contributed by atoms with Gasteiger partial charge in [0.05, 0.1) is 30.0 Å². The maximum atomic E-state index is 14.0. The first-order chi connectivity index (χ1) is 15.6. The van der Waals surface area contributed by atoms with E-state index in [1.165, 1.54) is 0 Å². The molecule has 0 bridgehead atoms. The molecule has 2 aromatic rings. The van der Waals surface area contributed by atoms with Crippen molar-refractivity contribution in [2.24, 2.45) is 5.41 Å². The van der Waals surface area contributed by atoms with Gasteiger partial charge in [-0.2, -0.15) is 0 Å². The van der Waals surface area contributed by atoms with Gasteiger partial charge < -0.3 is 15.1 Å². The van der Waals surface area contributed by atoms with Crippen molar-refractivity contribution in [2.45, 2.75) is 70.6 Å². The Kier molecular flexibility index (Phi) is 8.09. The number of carbonyl (C=O) groups excluding carboxylic acids is 1. The highest BCUT2D eigenvalue weighted by Gasteiger charge is 2.53. The molecule has 33 heavy (non-hydrogen) atoms. The van der Waals surface area contributed by atoms with E-state index in [1.807, 2.05) is 44.2 Å². The number of aliphatic carboxylic acids is 1. The second-order valence-corrected chi connectivity index (χ2v) is 10.0. The summed E-state index contributed by atoms with van der Waals surface area (Å²) in [5.41, 5.74) is 0.692. The van der Waals surface area contributed by atoms with Crippen LogP contribution in [0.15, 0.2) is 48.5 Å². The summed E-state index contributed by atoms with van der Waals surface area (Å²) in [5.74, 6) is -1.49. The number of nitrogens with zero attached hydrogens (tertiary/aromatic N) is 1. The molecule has 1 heterocycles. The average molecular weight is 492 g/mol. The highest BCUT2D eigenvalue weighted by Crippen LogP contribution is 2.52. The van der Waals surface area contributed by atoms with E-state index in [-0.39, 0.29) is 18.2 Å². The number of aliphatic hydroxyl groups excluding tert-OH is 1. The van der Waals surface area contributed by atoms with E-state index in [1.54, 1.807) is 30.0 Å². The number of piperidine rings is 1. The van der Waals surface area contributed by atoms with Crippen LogP contribution in [0.5, 0.6) is 0 Å². The Bertz CT molecular complexity index is 996. The predicted octanol–water partition coefficient (Wildman–Crippen LogP) is 6.08. The first-order valence-electron chi connectivity index (χ1n) is 11.3. The molecule has 1 aliphatic rings. The lowest BCUT2D eigenvalue weighted by atomic mass is 9.66. The smallest absolute Gasteiger partial charge is 0.304 e. The van der Waals surface area contributed by atoms with Gasteiger partial charge in [-0.25, -0.2) is 0 Å². The molecular weight excluding hydrogens is 461 g/mol. The lowest BCUT2D eigenvalue weighted by Gasteiger charge is -2.52. The molecule has 1 aliphatic heterocycles. The van der Waals surface area contributed by atoms with Crippen LogP contribution in [0.3, 0.4) is 0 Å². The van der Waals surface area contributed by atoms with Gasteiger partial charge in [0.2, 0.25) is 5.91 Å². The van der Waals surface area contributed by atoms with E-state index in [0.717, 1.165) is 11.1 Å². The Morgan fingerprint density at radius 2 is 1.76 bits per heavy atom. The van der Waals surface area contributed by atoms with E-state index in [0.29, 0.717) is 29.3 Å². The van der Waals surface area contributed by atoms with Gasteiger partial charge in [-0.1, -0.05) is 68.2 Å². The highest BCUT2D eigenvalue weighted by atomic mass is 35.5. The van der Waals surface area contributed by atoms with Crippen LogP contribution in [0.25, 0.3) is 0 Å². The van der Waals surface area contributed by atoms with Gasteiger partial charge in [-0.05, 0) is 54.7 Å². The molecule has 1 unspecified atom stereocenters. The zero-order chi connectivity index (χ0) is 24.3. The summed E-state index contributed by atoms with van der Waals surface area (Å²) in [6.07, 6.45) is 0.344. The number of carbonyl (C=O) groups is 2. The molecule has 1 amide bonds. The van der Waals surface area contributed by atoms with E-state index in [2.05, 4.69) is 0 Å². The van der Waals surface area contributed by atoms with Gasteiger partial charge >= 0.3 is 5.97 Å². The molecule has 1 fully saturated rings. The summed E-state index contributed by atoms with van der Waals surface area (Å²) in [4.78, 5) is 27.5. The maximum Gasteiger partial charge on any atom is 0.304 e. The molecule has 2 aromatic carbocycles. The highest BCUT2D eigenvalue weighted by molar-refractivity contribution is 6.30. The van der Waals surface area contributed by atoms with E-state index in [4.69, 9.17) is 23.2 Å². The van der Waals surface area contributed by atoms with Gasteiger partial charge in [0, 0.05) is 16.0 Å². The molecule has 0 radical (unpaired) electrons. The SMILES string of the molecule is CC[C@@H](O)[C@H](CC)N1C(=O)[C@@](C)(CC(=O)O)C[C@H](c2cccc(Cl)c2)C1c1ccc(Cl)cc1. The Balaban J connectivity index is 2.25. The first-order valence-corrected chi connectivity index (χ1v) is 12.1. The maximum absolute atomic E-state index is 14.0. The zero-order valence-corrected chi connectivity index (χ0v) is 20.7. The van der Waals surface area contributed by atoms with Gasteiger partial charge in [-0.15, -0.1) is 0 Å². The summed E-state index contributed by atoms with van der Waals surface area (Å²) in [6.45, 7) is 5.54. The minimum absolute atomic E-state index is 0.218. The van der Waals surface area contributed by atoms with Crippen molar-refractivity contribution in [3.05, 3.63) is 69.7 Å². The van der Waals surface area contributed by atoms with Crippen molar-refractivity contribution in [2.75, 3.05) is 0 Å². The van der Waals surface area contributed by atoms with E-state index >= 15 is 0 Å². The van der Waals surface area contributed by atoms with Crippen LogP contribution in [0.1, 0.15) is 69.5 Å². The van der Waals surface area contributed by atoms with Crippen molar-refractivity contribution >= 4 is 35.1 Å². The number of likely N-dealkylation sites (tertiary alicyclic amines) is 1. The molecule has 178 valence electrons. The predicted molar refractivity (Wildman–Crippen MR) is 131 cm³/mol. The third-order valence-corrected chi connectivity index (χ3v) is 7.26. The van der Waals surface area contributed by atoms with Crippen molar-refractivity contribution in [1.29, 1.82) is 0 Å². The zero-order valence-electron chi connectivity index (χ0n) is 19.2. The largest absolute Gasteiger partial charge is 0.481 e. The molecule has 5 nitrogen and oxygen atoms in total. The third kappa shape index (κ3) is 5.37. The fraction of sp³-hybridized carbons (Fsp3) is 0.462. The topological polar surface area (TPSA) is 77.8 Å². The molecule has 0 aromatic heterocycles. The molecule has 3 rings (SSSR count). The van der Waals surface area contributed by atoms with Crippen molar-refractivity contribution < 1.29 is 19.8 Å². The lowest BCUT2D eigenvalue weighted by Crippen LogP contribution is -2.58. The Morgan fingerprint density at radius 1 is 1.09 bits per heavy atom. The van der Waals surface area contributed by atoms with Crippen molar-refractivity contribution in [3.8, 4) is 0 Å². The number of hydrogen-bond acceptors (Lipinski definition) is 3. The Hall–Kier alpha value is -2.08. The number of amides is 1. The third-order valence-electron chi connectivity index (χ3n) is 6.77. The lowest BCUT2D eigenvalue weighted by molar-refractivity contribution is -0.163. The standard InChI is InChI=1S/C26H31Cl2NO4/c1-4-21(22(30)5-2)29-24(16-9-11-18(27)12-10-16)20(17-7-6-8-19(28)13-17)14-26(3,25(29)33)15-23(31)32/h6-13,20-22,24,30H,4-5,14-15H2,1-3H3,(H,31,32)/t20-,21+,22-,24?,26-/m1/s1. The Morgan fingerprint density at radius 3 is 2.30 bits per heavy atom. The minimum Gasteiger partial charge on any atom is -0.481 e. The minimum atomic E-state index is -1.12. The van der Waals surface area contributed by atoms with Crippen LogP contribution in [0, 0.1) is 5.41 Å². The van der Waals surface area contributed by atoms with Crippen LogP contribution in [0.4, 0.5) is 0 Å². The molecular formula is C26H31Cl2NO4. The van der Waals surface area contributed by atoms with Crippen LogP contribution >= 0.6 is 23.2 Å². The second-order valence-electron chi connectivity index (χ2n) is 9.16. The first kappa shape index (κ1) is 25.5. The molecule has 2 N–H and O–H groups in total. The van der Waals surface area contributed by atoms with E-state index < -0.39 is 29.6 Å². The number of hydrogen-bond donors (Lipinski definition) is 2. The molecule has 0 saturated carbocycles. The summed E-state index contributed by atoms with van der Waals surface area (Å²) in [5, 5.41) is 21.7. The van der Waals surface area contributed by atoms with Crippen LogP contribution < -0.4 is 0 Å². The van der Waals surface area contributed by atoms with Crippen LogP contribution in [0.2, 0.25) is 10.0 Å². The molecule has 0 aliphatic carbocycles. The van der Waals surface area contributed by atoms with E-state index in [9.17, 15) is 19.8 Å².